The molecule has 0 bridgehead atoms. The van der Waals surface area contributed by atoms with Gasteiger partial charge < -0.3 is 15.7 Å². The molecule has 206 valence electrons. The average molecular weight is 541 g/mol. The number of carbonyl (C=O) groups excluding carboxylic acids is 2. The van der Waals surface area contributed by atoms with Gasteiger partial charge in [0, 0.05) is 36.3 Å². The first-order valence-corrected chi connectivity index (χ1v) is 13.2. The van der Waals surface area contributed by atoms with Crippen LogP contribution in [0.2, 0.25) is 0 Å². The minimum Gasteiger partial charge on any atom is -0.390 e. The fraction of sp³-hybridized carbons (Fsp3) is 0.414. The summed E-state index contributed by atoms with van der Waals surface area (Å²) in [6.07, 6.45) is 0.604. The van der Waals surface area contributed by atoms with Crippen LogP contribution in [0.3, 0.4) is 0 Å². The lowest BCUT2D eigenvalue weighted by Crippen LogP contribution is -2.47. The van der Waals surface area contributed by atoms with Crippen LogP contribution in [0.15, 0.2) is 60.8 Å². The lowest BCUT2D eigenvalue weighted by atomic mass is 9.80. The first-order chi connectivity index (χ1) is 18.7. The number of halogens is 3. The molecule has 0 spiro atoms. The number of hydrogen-bond donors (Lipinski definition) is 3. The molecule has 39 heavy (non-hydrogen) atoms. The van der Waals surface area contributed by atoms with Gasteiger partial charge in [0.1, 0.15) is 0 Å². The number of aromatic nitrogens is 1. The van der Waals surface area contributed by atoms with E-state index in [4.69, 9.17) is 0 Å². The molecular formula is C29H31F3N4O3. The van der Waals surface area contributed by atoms with Gasteiger partial charge in [0.2, 0.25) is 5.91 Å². The molecule has 2 aromatic carbocycles. The zero-order valence-corrected chi connectivity index (χ0v) is 21.3. The molecule has 1 aliphatic heterocycles. The first kappa shape index (κ1) is 27.1. The van der Waals surface area contributed by atoms with E-state index in [1.807, 2.05) is 24.4 Å². The van der Waals surface area contributed by atoms with Gasteiger partial charge in [-0.25, -0.2) is 0 Å². The van der Waals surface area contributed by atoms with Crippen molar-refractivity contribution < 1.29 is 27.9 Å². The Kier molecular flexibility index (Phi) is 7.86. The van der Waals surface area contributed by atoms with Crippen LogP contribution in [0, 0.1) is 0 Å². The van der Waals surface area contributed by atoms with Crippen LogP contribution < -0.4 is 10.6 Å². The Morgan fingerprint density at radius 3 is 2.54 bits per heavy atom. The number of likely N-dealkylation sites (tertiary alicyclic amines) is 1. The van der Waals surface area contributed by atoms with Crippen molar-refractivity contribution in [2.45, 2.75) is 56.0 Å². The monoisotopic (exact) mass is 540 g/mol. The Morgan fingerprint density at radius 2 is 1.77 bits per heavy atom. The van der Waals surface area contributed by atoms with E-state index in [2.05, 4.69) is 32.7 Å². The molecule has 10 heteroatoms. The zero-order valence-electron chi connectivity index (χ0n) is 21.3. The number of hydrogen-bond acceptors (Lipinski definition) is 5. The lowest BCUT2D eigenvalue weighted by Gasteiger charge is -2.35. The Labute approximate surface area is 224 Å². The van der Waals surface area contributed by atoms with Gasteiger partial charge in [-0.05, 0) is 67.5 Å². The number of amides is 2. The van der Waals surface area contributed by atoms with Crippen LogP contribution in [-0.2, 0) is 11.0 Å². The topological polar surface area (TPSA) is 94.6 Å². The van der Waals surface area contributed by atoms with E-state index in [0.29, 0.717) is 25.0 Å². The Balaban J connectivity index is 1.10. The number of alkyl halides is 3. The van der Waals surface area contributed by atoms with E-state index in [-0.39, 0.29) is 5.56 Å². The van der Waals surface area contributed by atoms with Crippen LogP contribution in [0.25, 0.3) is 10.9 Å². The van der Waals surface area contributed by atoms with Crippen LogP contribution in [0.5, 0.6) is 0 Å². The van der Waals surface area contributed by atoms with Crippen LogP contribution in [-0.4, -0.2) is 64.6 Å². The van der Waals surface area contributed by atoms with Crippen LogP contribution in [0.1, 0.15) is 53.1 Å². The van der Waals surface area contributed by atoms with Crippen molar-refractivity contribution in [1.82, 2.24) is 20.5 Å². The molecule has 2 fully saturated rings. The number of benzene rings is 2. The van der Waals surface area contributed by atoms with Gasteiger partial charge >= 0.3 is 6.18 Å². The number of aliphatic hydroxyl groups excluding tert-OH is 1. The second-order valence-corrected chi connectivity index (χ2v) is 10.4. The van der Waals surface area contributed by atoms with Gasteiger partial charge in [-0.15, -0.1) is 0 Å². The fourth-order valence-corrected chi connectivity index (χ4v) is 5.84. The van der Waals surface area contributed by atoms with E-state index in [1.54, 1.807) is 0 Å². The minimum atomic E-state index is -4.56. The van der Waals surface area contributed by atoms with E-state index < -0.39 is 42.2 Å². The molecule has 3 aromatic rings. The predicted octanol–water partition coefficient (Wildman–Crippen LogP) is 3.87. The third kappa shape index (κ3) is 6.23. The Bertz CT molecular complexity index is 1340. The van der Waals surface area contributed by atoms with Crippen LogP contribution >= 0.6 is 0 Å². The molecule has 1 saturated heterocycles. The summed E-state index contributed by atoms with van der Waals surface area (Å²) >= 11 is 0. The second-order valence-electron chi connectivity index (χ2n) is 10.4. The van der Waals surface area contributed by atoms with Gasteiger partial charge in [0.05, 0.1) is 29.8 Å². The highest BCUT2D eigenvalue weighted by atomic mass is 19.4. The fourth-order valence-electron chi connectivity index (χ4n) is 5.84. The van der Waals surface area contributed by atoms with Crippen molar-refractivity contribution in [1.29, 1.82) is 0 Å². The number of nitrogens with zero attached hydrogens (tertiary/aromatic N) is 2. The minimum absolute atomic E-state index is 0.180. The maximum absolute atomic E-state index is 12.9. The SMILES string of the molecule is O=C(CNC(=O)c1cccc(C(F)(F)F)c1)N[C@H]1CN(C2CCC(c3ccnc4ccccc34)CC2)C[C@@H]1O. The van der Waals surface area contributed by atoms with E-state index in [9.17, 15) is 27.9 Å². The van der Waals surface area contributed by atoms with Gasteiger partial charge in [0.25, 0.3) is 5.91 Å². The molecule has 2 amide bonds. The molecule has 1 aliphatic carbocycles. The molecule has 1 saturated carbocycles. The van der Waals surface area contributed by atoms with Crippen molar-refractivity contribution in [2.24, 2.45) is 0 Å². The van der Waals surface area contributed by atoms with Gasteiger partial charge in [-0.1, -0.05) is 24.3 Å². The Morgan fingerprint density at radius 1 is 1.00 bits per heavy atom. The summed E-state index contributed by atoms with van der Waals surface area (Å²) in [4.78, 5) is 31.4. The molecule has 7 nitrogen and oxygen atoms in total. The summed E-state index contributed by atoms with van der Waals surface area (Å²) < 4.78 is 38.7. The quantitative estimate of drug-likeness (QED) is 0.442. The highest BCUT2D eigenvalue weighted by Gasteiger charge is 2.37. The number of rotatable bonds is 6. The normalized spacial score (nSPS) is 24.0. The number of fused-ring (bicyclic) bond motifs is 1. The van der Waals surface area contributed by atoms with Gasteiger partial charge in [-0.3, -0.25) is 19.5 Å². The number of para-hydroxylation sites is 1. The van der Waals surface area contributed by atoms with E-state index in [1.165, 1.54) is 17.0 Å². The highest BCUT2D eigenvalue weighted by Crippen LogP contribution is 2.38. The van der Waals surface area contributed by atoms with Crippen molar-refractivity contribution in [3.8, 4) is 0 Å². The van der Waals surface area contributed by atoms with Crippen molar-refractivity contribution in [3.05, 3.63) is 77.5 Å². The molecule has 0 radical (unpaired) electrons. The summed E-state index contributed by atoms with van der Waals surface area (Å²) in [7, 11) is 0. The highest BCUT2D eigenvalue weighted by molar-refractivity contribution is 5.96. The molecule has 3 N–H and O–H groups in total. The van der Waals surface area contributed by atoms with E-state index >= 15 is 0 Å². The average Bonchev–Trinajstić information content (AvgIpc) is 3.30. The molecule has 2 aliphatic rings. The van der Waals surface area contributed by atoms with E-state index in [0.717, 1.165) is 49.4 Å². The maximum atomic E-state index is 12.9. The third-order valence-corrected chi connectivity index (χ3v) is 7.86. The zero-order chi connectivity index (χ0) is 27.6. The number of pyridine rings is 1. The maximum Gasteiger partial charge on any atom is 0.416 e. The molecule has 2 heterocycles. The first-order valence-electron chi connectivity index (χ1n) is 13.2. The summed E-state index contributed by atoms with van der Waals surface area (Å²) in [5.74, 6) is -0.823. The Hall–Kier alpha value is -3.50. The summed E-state index contributed by atoms with van der Waals surface area (Å²) in [6, 6.07) is 14.2. The number of β-amino-alcohol motifs (C(OH)–C–C–N with tert-alkyl or cyclic N) is 1. The molecule has 5 rings (SSSR count). The summed E-state index contributed by atoms with van der Waals surface area (Å²) in [6.45, 7) is 0.556. The summed E-state index contributed by atoms with van der Waals surface area (Å²) in [5, 5.41) is 16.9. The van der Waals surface area contributed by atoms with Crippen molar-refractivity contribution in [3.63, 3.8) is 0 Å². The van der Waals surface area contributed by atoms with Crippen molar-refractivity contribution in [2.75, 3.05) is 19.6 Å². The number of nitrogens with one attached hydrogen (secondary N) is 2. The standard InChI is InChI=1S/C29H31F3N4O3/c30-29(31,32)20-5-3-4-19(14-20)28(39)34-15-27(38)35-25-16-36(17-26(25)37)21-10-8-18(9-11-21)22-12-13-33-24-7-2-1-6-23(22)24/h1-7,12-14,18,21,25-26,37H,8-11,15-17H2,(H,34,39)(H,35,38)/t18?,21?,25-,26-/m0/s1. The number of aliphatic hydroxyl groups is 1. The number of carbonyl (C=O) groups is 2. The summed E-state index contributed by atoms with van der Waals surface area (Å²) in [5.41, 5.74) is 1.22. The molecular weight excluding hydrogens is 509 g/mol. The van der Waals surface area contributed by atoms with Crippen LogP contribution in [0.4, 0.5) is 13.2 Å². The van der Waals surface area contributed by atoms with Gasteiger partial charge in [-0.2, -0.15) is 13.2 Å². The van der Waals surface area contributed by atoms with Crippen molar-refractivity contribution >= 4 is 22.7 Å². The largest absolute Gasteiger partial charge is 0.416 e. The third-order valence-electron chi connectivity index (χ3n) is 7.86. The lowest BCUT2D eigenvalue weighted by molar-refractivity contribution is -0.137. The molecule has 1 aromatic heterocycles. The predicted molar refractivity (Wildman–Crippen MR) is 140 cm³/mol. The smallest absolute Gasteiger partial charge is 0.390 e. The molecule has 2 atom stereocenters. The molecule has 0 unspecified atom stereocenters. The second kappa shape index (κ2) is 11.3. The van der Waals surface area contributed by atoms with Gasteiger partial charge in [0.15, 0.2) is 0 Å².